The summed E-state index contributed by atoms with van der Waals surface area (Å²) in [7, 11) is 0. The summed E-state index contributed by atoms with van der Waals surface area (Å²) in [6.45, 7) is 1.58. The fraction of sp³-hybridized carbons (Fsp3) is 0.875. The van der Waals surface area contributed by atoms with Crippen LogP contribution in [0.3, 0.4) is 0 Å². The molecule has 1 heterocycles. The first-order valence-electron chi connectivity index (χ1n) is 4.22. The van der Waals surface area contributed by atoms with Crippen molar-refractivity contribution in [2.75, 3.05) is 0 Å². The summed E-state index contributed by atoms with van der Waals surface area (Å²) in [5.74, 6) is -0.335. The molecule has 1 aliphatic heterocycles. The van der Waals surface area contributed by atoms with Crippen LogP contribution < -0.4 is 0 Å². The molecule has 0 radical (unpaired) electrons. The SMILES string of the molecule is CC(Cl)C(O)C(O)C1CCC(=O)O1. The van der Waals surface area contributed by atoms with E-state index in [1.807, 2.05) is 0 Å². The molecule has 0 aromatic carbocycles. The van der Waals surface area contributed by atoms with Gasteiger partial charge in [-0.25, -0.2) is 0 Å². The van der Waals surface area contributed by atoms with Crippen LogP contribution in [0.5, 0.6) is 0 Å². The Bertz CT molecular complexity index is 195. The predicted molar refractivity (Wildman–Crippen MR) is 46.4 cm³/mol. The van der Waals surface area contributed by atoms with Crippen molar-refractivity contribution in [3.05, 3.63) is 0 Å². The molecule has 1 rings (SSSR count). The molecule has 0 aromatic rings. The molecule has 0 aromatic heterocycles. The van der Waals surface area contributed by atoms with Crippen molar-refractivity contribution in [1.82, 2.24) is 0 Å². The third kappa shape index (κ3) is 2.56. The first-order chi connectivity index (χ1) is 6.02. The van der Waals surface area contributed by atoms with Crippen molar-refractivity contribution in [2.45, 2.75) is 43.5 Å². The van der Waals surface area contributed by atoms with E-state index < -0.39 is 23.7 Å². The molecule has 2 N–H and O–H groups in total. The van der Waals surface area contributed by atoms with Crippen LogP contribution in [0.1, 0.15) is 19.8 Å². The van der Waals surface area contributed by atoms with Crippen molar-refractivity contribution in [2.24, 2.45) is 0 Å². The van der Waals surface area contributed by atoms with Crippen LogP contribution in [-0.4, -0.2) is 39.9 Å². The van der Waals surface area contributed by atoms with E-state index in [-0.39, 0.29) is 5.97 Å². The number of rotatable bonds is 3. The number of hydrogen-bond acceptors (Lipinski definition) is 4. The van der Waals surface area contributed by atoms with Gasteiger partial charge in [0, 0.05) is 6.42 Å². The molecule has 1 fully saturated rings. The summed E-state index contributed by atoms with van der Waals surface area (Å²) in [6, 6.07) is 0. The maximum atomic E-state index is 10.7. The monoisotopic (exact) mass is 208 g/mol. The molecule has 4 unspecified atom stereocenters. The zero-order valence-corrected chi connectivity index (χ0v) is 8.07. The highest BCUT2D eigenvalue weighted by Crippen LogP contribution is 2.21. The lowest BCUT2D eigenvalue weighted by atomic mass is 10.0. The summed E-state index contributed by atoms with van der Waals surface area (Å²) in [6.07, 6.45) is -2.01. The second-order valence-corrected chi connectivity index (χ2v) is 3.91. The predicted octanol–water partition coefficient (Wildman–Crippen LogP) is 0.0411. The molecule has 0 aliphatic carbocycles. The highest BCUT2D eigenvalue weighted by atomic mass is 35.5. The molecule has 0 amide bonds. The number of halogens is 1. The van der Waals surface area contributed by atoms with Gasteiger partial charge in [0.15, 0.2) is 0 Å². The van der Waals surface area contributed by atoms with Gasteiger partial charge in [-0.2, -0.15) is 0 Å². The van der Waals surface area contributed by atoms with E-state index in [0.29, 0.717) is 12.8 Å². The van der Waals surface area contributed by atoms with Crippen molar-refractivity contribution >= 4 is 17.6 Å². The summed E-state index contributed by atoms with van der Waals surface area (Å²) >= 11 is 5.59. The van der Waals surface area contributed by atoms with E-state index in [4.69, 9.17) is 16.3 Å². The van der Waals surface area contributed by atoms with Crippen molar-refractivity contribution < 1.29 is 19.7 Å². The first-order valence-corrected chi connectivity index (χ1v) is 4.65. The van der Waals surface area contributed by atoms with Crippen LogP contribution in [0.2, 0.25) is 0 Å². The van der Waals surface area contributed by atoms with Gasteiger partial charge in [0.1, 0.15) is 12.2 Å². The van der Waals surface area contributed by atoms with Crippen LogP contribution in [0.25, 0.3) is 0 Å². The maximum Gasteiger partial charge on any atom is 0.306 e. The molecule has 0 spiro atoms. The lowest BCUT2D eigenvalue weighted by molar-refractivity contribution is -0.148. The first kappa shape index (κ1) is 10.8. The Labute approximate surface area is 81.5 Å². The Morgan fingerprint density at radius 2 is 2.23 bits per heavy atom. The standard InChI is InChI=1S/C8H13ClO4/c1-4(9)7(11)8(12)5-2-3-6(10)13-5/h4-5,7-8,11-12H,2-3H2,1H3. The molecule has 5 heteroatoms. The fourth-order valence-corrected chi connectivity index (χ4v) is 1.43. The maximum absolute atomic E-state index is 10.7. The average molecular weight is 209 g/mol. The van der Waals surface area contributed by atoms with Gasteiger partial charge in [-0.1, -0.05) is 0 Å². The van der Waals surface area contributed by atoms with E-state index in [9.17, 15) is 15.0 Å². The Kier molecular flexibility index (Phi) is 3.53. The number of carbonyl (C=O) groups excluding carboxylic acids is 1. The van der Waals surface area contributed by atoms with Gasteiger partial charge in [-0.15, -0.1) is 11.6 Å². The summed E-state index contributed by atoms with van der Waals surface area (Å²) in [4.78, 5) is 10.7. The molecule has 1 saturated heterocycles. The zero-order valence-electron chi connectivity index (χ0n) is 7.31. The smallest absolute Gasteiger partial charge is 0.306 e. The molecular formula is C8H13ClO4. The highest BCUT2D eigenvalue weighted by molar-refractivity contribution is 6.20. The number of carbonyl (C=O) groups is 1. The number of esters is 1. The Morgan fingerprint density at radius 1 is 1.62 bits per heavy atom. The number of aliphatic hydroxyl groups excluding tert-OH is 2. The third-order valence-corrected chi connectivity index (χ3v) is 2.38. The fourth-order valence-electron chi connectivity index (χ4n) is 1.28. The Morgan fingerprint density at radius 3 is 2.62 bits per heavy atom. The van der Waals surface area contributed by atoms with Crippen LogP contribution in [0.15, 0.2) is 0 Å². The van der Waals surface area contributed by atoms with Crippen molar-refractivity contribution in [3.63, 3.8) is 0 Å². The summed E-state index contributed by atoms with van der Waals surface area (Å²) in [5, 5.41) is 18.3. The number of hydrogen-bond donors (Lipinski definition) is 2. The molecule has 76 valence electrons. The summed E-state index contributed by atoms with van der Waals surface area (Å²) in [5.41, 5.74) is 0. The molecule has 0 bridgehead atoms. The topological polar surface area (TPSA) is 66.8 Å². The number of aliphatic hydroxyl groups is 2. The van der Waals surface area contributed by atoms with E-state index in [0.717, 1.165) is 0 Å². The van der Waals surface area contributed by atoms with Gasteiger partial charge in [-0.05, 0) is 13.3 Å². The lowest BCUT2D eigenvalue weighted by Crippen LogP contribution is -2.41. The minimum Gasteiger partial charge on any atom is -0.459 e. The van der Waals surface area contributed by atoms with Gasteiger partial charge in [0.05, 0.1) is 11.5 Å². The van der Waals surface area contributed by atoms with Crippen molar-refractivity contribution in [3.8, 4) is 0 Å². The van der Waals surface area contributed by atoms with Gasteiger partial charge in [0.25, 0.3) is 0 Å². The Balaban J connectivity index is 2.47. The van der Waals surface area contributed by atoms with Gasteiger partial charge in [-0.3, -0.25) is 4.79 Å². The summed E-state index contributed by atoms with van der Waals surface area (Å²) < 4.78 is 4.79. The zero-order chi connectivity index (χ0) is 10.0. The molecule has 0 saturated carbocycles. The second kappa shape index (κ2) is 4.26. The number of ether oxygens (including phenoxy) is 1. The average Bonchev–Trinajstić information content (AvgIpc) is 2.49. The van der Waals surface area contributed by atoms with E-state index in [2.05, 4.69) is 0 Å². The van der Waals surface area contributed by atoms with E-state index in [1.54, 1.807) is 6.92 Å². The minimum atomic E-state index is -1.08. The Hall–Kier alpha value is -0.320. The normalized spacial score (nSPS) is 29.5. The number of alkyl halides is 1. The van der Waals surface area contributed by atoms with Gasteiger partial charge >= 0.3 is 5.97 Å². The number of cyclic esters (lactones) is 1. The minimum absolute atomic E-state index is 0.297. The van der Waals surface area contributed by atoms with Gasteiger partial charge in [0.2, 0.25) is 0 Å². The van der Waals surface area contributed by atoms with E-state index in [1.165, 1.54) is 0 Å². The van der Waals surface area contributed by atoms with Crippen LogP contribution >= 0.6 is 11.6 Å². The molecule has 4 nitrogen and oxygen atoms in total. The second-order valence-electron chi connectivity index (χ2n) is 3.23. The van der Waals surface area contributed by atoms with Crippen molar-refractivity contribution in [1.29, 1.82) is 0 Å². The van der Waals surface area contributed by atoms with Crippen LogP contribution in [0.4, 0.5) is 0 Å². The van der Waals surface area contributed by atoms with Gasteiger partial charge < -0.3 is 14.9 Å². The lowest BCUT2D eigenvalue weighted by Gasteiger charge is -2.23. The molecular weight excluding hydrogens is 196 g/mol. The largest absolute Gasteiger partial charge is 0.459 e. The van der Waals surface area contributed by atoms with E-state index >= 15 is 0 Å². The highest BCUT2D eigenvalue weighted by Gasteiger charge is 2.35. The molecule has 1 aliphatic rings. The molecule has 4 atom stereocenters. The van der Waals surface area contributed by atoms with Crippen LogP contribution in [0, 0.1) is 0 Å². The van der Waals surface area contributed by atoms with Crippen LogP contribution in [-0.2, 0) is 9.53 Å². The third-order valence-electron chi connectivity index (χ3n) is 2.12. The molecule has 13 heavy (non-hydrogen) atoms. The quantitative estimate of drug-likeness (QED) is 0.508.